The third kappa shape index (κ3) is 3.45. The largest absolute Gasteiger partial charge is 0.494 e. The van der Waals surface area contributed by atoms with Crippen LogP contribution in [0.1, 0.15) is 15.9 Å². The number of aromatic amines is 1. The first kappa shape index (κ1) is 19.0. The van der Waals surface area contributed by atoms with Crippen LogP contribution in [0.25, 0.3) is 31.7 Å². The maximum atomic E-state index is 12.7. The molecule has 0 aliphatic heterocycles. The molecule has 0 unspecified atom stereocenters. The van der Waals surface area contributed by atoms with E-state index in [4.69, 9.17) is 0 Å². The Labute approximate surface area is 181 Å². The molecule has 0 aliphatic rings. The van der Waals surface area contributed by atoms with Crippen molar-refractivity contribution in [3.8, 4) is 16.5 Å². The zero-order valence-corrected chi connectivity index (χ0v) is 17.3. The van der Waals surface area contributed by atoms with Crippen LogP contribution in [0.2, 0.25) is 0 Å². The van der Waals surface area contributed by atoms with Crippen LogP contribution in [0.15, 0.2) is 66.7 Å². The predicted molar refractivity (Wildman–Crippen MR) is 123 cm³/mol. The van der Waals surface area contributed by atoms with Crippen LogP contribution in [-0.4, -0.2) is 26.8 Å². The van der Waals surface area contributed by atoms with E-state index in [1.54, 1.807) is 47.7 Å². The number of anilines is 1. The molecular formula is C24H17N3O3S. The number of para-hydroxylation sites is 1. The van der Waals surface area contributed by atoms with E-state index in [2.05, 4.69) is 21.4 Å². The van der Waals surface area contributed by atoms with Crippen molar-refractivity contribution < 1.29 is 14.7 Å². The lowest BCUT2D eigenvalue weighted by Gasteiger charge is -2.05. The van der Waals surface area contributed by atoms with Crippen LogP contribution in [-0.2, 0) is 4.79 Å². The van der Waals surface area contributed by atoms with Crippen molar-refractivity contribution in [2.75, 3.05) is 5.32 Å². The fraction of sp³-hybridized carbons (Fsp3) is 0.0417. The number of rotatable bonds is 4. The predicted octanol–water partition coefficient (Wildman–Crippen LogP) is 5.28. The average molecular weight is 427 g/mol. The molecule has 6 nitrogen and oxygen atoms in total. The third-order valence-corrected chi connectivity index (χ3v) is 6.12. The van der Waals surface area contributed by atoms with Crippen molar-refractivity contribution in [2.45, 2.75) is 6.92 Å². The van der Waals surface area contributed by atoms with Gasteiger partial charge in [-0.25, -0.2) is 4.98 Å². The lowest BCUT2D eigenvalue weighted by Crippen LogP contribution is -2.22. The van der Waals surface area contributed by atoms with Gasteiger partial charge >= 0.3 is 0 Å². The maximum absolute atomic E-state index is 12.7. The van der Waals surface area contributed by atoms with Gasteiger partial charge in [-0.1, -0.05) is 24.3 Å². The van der Waals surface area contributed by atoms with Gasteiger partial charge < -0.3 is 15.4 Å². The minimum absolute atomic E-state index is 0.0329. The number of aryl methyl sites for hydroxylation is 1. The molecule has 3 aromatic carbocycles. The van der Waals surface area contributed by atoms with Crippen LogP contribution >= 0.6 is 11.3 Å². The Hall–Kier alpha value is -3.97. The highest BCUT2D eigenvalue weighted by molar-refractivity contribution is 7.21. The third-order valence-electron chi connectivity index (χ3n) is 5.05. The maximum Gasteiger partial charge on any atom is 0.297 e. The van der Waals surface area contributed by atoms with Crippen molar-refractivity contribution in [3.05, 3.63) is 77.9 Å². The first-order valence-electron chi connectivity index (χ1n) is 9.62. The number of ketones is 1. The number of nitrogens with zero attached hydrogens (tertiary/aromatic N) is 1. The zero-order valence-electron chi connectivity index (χ0n) is 16.5. The SMILES string of the molecule is Cc1ccc2nc(-c3ccc(NC(=O)C(=O)c4c(O)[nH]c5ccccc45)cc3)sc2c1. The molecule has 0 bridgehead atoms. The molecule has 0 atom stereocenters. The summed E-state index contributed by atoms with van der Waals surface area (Å²) in [7, 11) is 0. The highest BCUT2D eigenvalue weighted by atomic mass is 32.1. The number of thiazole rings is 1. The summed E-state index contributed by atoms with van der Waals surface area (Å²) in [6.07, 6.45) is 0. The molecule has 1 amide bonds. The number of H-pyrrole nitrogens is 1. The van der Waals surface area contributed by atoms with Crippen molar-refractivity contribution in [3.63, 3.8) is 0 Å². The second-order valence-corrected chi connectivity index (χ2v) is 8.28. The van der Waals surface area contributed by atoms with E-state index in [0.717, 1.165) is 20.8 Å². The Bertz CT molecular complexity index is 1470. The number of nitrogens with one attached hydrogen (secondary N) is 2. The number of Topliss-reactive ketones (excluding diaryl/α,β-unsaturated/α-hetero) is 1. The van der Waals surface area contributed by atoms with Gasteiger partial charge in [0.25, 0.3) is 11.7 Å². The molecule has 3 N–H and O–H groups in total. The molecule has 0 radical (unpaired) electrons. The number of aromatic nitrogens is 2. The van der Waals surface area contributed by atoms with Crippen LogP contribution in [0.3, 0.4) is 0 Å². The first-order valence-corrected chi connectivity index (χ1v) is 10.4. The lowest BCUT2D eigenvalue weighted by atomic mass is 10.1. The summed E-state index contributed by atoms with van der Waals surface area (Å²) in [5.74, 6) is -1.94. The Morgan fingerprint density at radius 3 is 2.61 bits per heavy atom. The van der Waals surface area contributed by atoms with Gasteiger partial charge in [0.2, 0.25) is 5.88 Å². The molecule has 0 saturated carbocycles. The number of fused-ring (bicyclic) bond motifs is 2. The van der Waals surface area contributed by atoms with E-state index in [0.29, 0.717) is 16.6 Å². The number of hydrogen-bond donors (Lipinski definition) is 3. The highest BCUT2D eigenvalue weighted by Gasteiger charge is 2.24. The standard InChI is InChI=1S/C24H17N3O3S/c1-13-6-11-18-19(12-13)31-24(27-18)14-7-9-15(10-8-14)25-23(30)21(28)20-16-4-2-3-5-17(16)26-22(20)29/h2-12,26,29H,1H3,(H,25,30). The van der Waals surface area contributed by atoms with Crippen molar-refractivity contribution >= 4 is 49.8 Å². The molecule has 0 spiro atoms. The van der Waals surface area contributed by atoms with Crippen LogP contribution in [0.4, 0.5) is 5.69 Å². The average Bonchev–Trinajstić information content (AvgIpc) is 3.33. The molecule has 0 saturated heterocycles. The van der Waals surface area contributed by atoms with Gasteiger partial charge in [0.05, 0.1) is 15.8 Å². The van der Waals surface area contributed by atoms with Crippen LogP contribution in [0.5, 0.6) is 5.88 Å². The minimum Gasteiger partial charge on any atom is -0.494 e. The van der Waals surface area contributed by atoms with E-state index in [-0.39, 0.29) is 11.4 Å². The second kappa shape index (κ2) is 7.37. The fourth-order valence-corrected chi connectivity index (χ4v) is 4.58. The van der Waals surface area contributed by atoms with Crippen molar-refractivity contribution in [1.29, 1.82) is 0 Å². The number of carbonyl (C=O) groups is 2. The zero-order chi connectivity index (χ0) is 21.5. The number of benzene rings is 3. The Morgan fingerprint density at radius 2 is 1.81 bits per heavy atom. The summed E-state index contributed by atoms with van der Waals surface area (Å²) in [5, 5.41) is 14.1. The van der Waals surface area contributed by atoms with Crippen LogP contribution < -0.4 is 5.32 Å². The Balaban J connectivity index is 1.37. The van der Waals surface area contributed by atoms with E-state index in [1.165, 1.54) is 5.56 Å². The molecule has 0 fully saturated rings. The van der Waals surface area contributed by atoms with E-state index < -0.39 is 11.7 Å². The summed E-state index contributed by atoms with van der Waals surface area (Å²) in [6, 6.07) is 20.2. The number of carbonyl (C=O) groups excluding carboxylic acids is 2. The van der Waals surface area contributed by atoms with Crippen molar-refractivity contribution in [2.24, 2.45) is 0 Å². The number of aromatic hydroxyl groups is 1. The summed E-state index contributed by atoms with van der Waals surface area (Å²) in [4.78, 5) is 32.6. The van der Waals surface area contributed by atoms with E-state index >= 15 is 0 Å². The van der Waals surface area contributed by atoms with Gasteiger partial charge in [0.15, 0.2) is 0 Å². The van der Waals surface area contributed by atoms with Gasteiger partial charge in [-0.2, -0.15) is 0 Å². The topological polar surface area (TPSA) is 95.1 Å². The van der Waals surface area contributed by atoms with E-state index in [1.807, 2.05) is 31.2 Å². The van der Waals surface area contributed by atoms with Gasteiger partial charge in [0, 0.05) is 22.2 Å². The van der Waals surface area contributed by atoms with Crippen LogP contribution in [0, 0.1) is 6.92 Å². The molecule has 5 rings (SSSR count). The number of hydrogen-bond acceptors (Lipinski definition) is 5. The van der Waals surface area contributed by atoms with Gasteiger partial charge in [0.1, 0.15) is 5.01 Å². The molecule has 5 aromatic rings. The lowest BCUT2D eigenvalue weighted by molar-refractivity contribution is -0.112. The summed E-state index contributed by atoms with van der Waals surface area (Å²) in [6.45, 7) is 2.05. The van der Waals surface area contributed by atoms with Gasteiger partial charge in [-0.05, 0) is 55.0 Å². The van der Waals surface area contributed by atoms with Gasteiger partial charge in [-0.15, -0.1) is 11.3 Å². The molecule has 152 valence electrons. The minimum atomic E-state index is -0.816. The first-order chi connectivity index (χ1) is 15.0. The molecule has 0 aliphatic carbocycles. The molecule has 2 aromatic heterocycles. The number of amides is 1. The second-order valence-electron chi connectivity index (χ2n) is 7.24. The summed E-state index contributed by atoms with van der Waals surface area (Å²) in [5.41, 5.74) is 4.11. The molecule has 31 heavy (non-hydrogen) atoms. The Kier molecular flexibility index (Phi) is 4.52. The highest BCUT2D eigenvalue weighted by Crippen LogP contribution is 2.31. The Morgan fingerprint density at radius 1 is 1.03 bits per heavy atom. The summed E-state index contributed by atoms with van der Waals surface area (Å²) >= 11 is 1.61. The molecular weight excluding hydrogens is 410 g/mol. The van der Waals surface area contributed by atoms with Gasteiger partial charge in [-0.3, -0.25) is 9.59 Å². The molecule has 2 heterocycles. The molecule has 7 heteroatoms. The van der Waals surface area contributed by atoms with Crippen molar-refractivity contribution in [1.82, 2.24) is 9.97 Å². The monoisotopic (exact) mass is 427 g/mol. The smallest absolute Gasteiger partial charge is 0.297 e. The fourth-order valence-electron chi connectivity index (χ4n) is 3.51. The normalized spacial score (nSPS) is 11.1. The summed E-state index contributed by atoms with van der Waals surface area (Å²) < 4.78 is 1.12. The quantitative estimate of drug-likeness (QED) is 0.269. The van der Waals surface area contributed by atoms with E-state index in [9.17, 15) is 14.7 Å².